The molecule has 0 spiro atoms. The lowest BCUT2D eigenvalue weighted by atomic mass is 10.1. The van der Waals surface area contributed by atoms with E-state index in [0.717, 1.165) is 42.0 Å². The smallest absolute Gasteiger partial charge is 0.492 e. The van der Waals surface area contributed by atoms with Gasteiger partial charge in [-0.15, -0.1) is 13.2 Å². The highest BCUT2D eigenvalue weighted by Gasteiger charge is 2.31. The number of alkyl halides is 3. The van der Waals surface area contributed by atoms with Crippen LogP contribution in [0.15, 0.2) is 48.5 Å². The Morgan fingerprint density at radius 3 is 2.26 bits per heavy atom. The van der Waals surface area contributed by atoms with Crippen molar-refractivity contribution in [3.05, 3.63) is 54.1 Å². The predicted octanol–water partition coefficient (Wildman–Crippen LogP) is 6.06. The number of halogens is 3. The van der Waals surface area contributed by atoms with Crippen molar-refractivity contribution in [3.63, 3.8) is 0 Å². The molecule has 1 unspecified atom stereocenters. The summed E-state index contributed by atoms with van der Waals surface area (Å²) in [5.74, 6) is 0.890. The van der Waals surface area contributed by atoms with Gasteiger partial charge in [0.05, 0.1) is 6.54 Å². The van der Waals surface area contributed by atoms with Gasteiger partial charge in [-0.1, -0.05) is 25.5 Å². The lowest BCUT2D eigenvalue weighted by Crippen LogP contribution is -2.39. The molecule has 0 saturated carbocycles. The van der Waals surface area contributed by atoms with E-state index in [0.29, 0.717) is 24.6 Å². The standard InChI is InChI=1S/C27H35F3N2O6S/c1-3-5-17-39-18-15-32(26(35)31-21-8-12-23(13-9-21)38-27(28,29)30)14-16-37-22-10-6-20(7-11-22)19-24(25(33)34)36-4-2/h6-13,24H,3-5,14-19H2,1-2H3,(H,31,35)(H,33,34). The number of unbranched alkanes of at least 4 members (excludes halogenated alkanes) is 1. The molecule has 8 nitrogen and oxygen atoms in total. The summed E-state index contributed by atoms with van der Waals surface area (Å²) in [6.07, 6.45) is -3.31. The van der Waals surface area contributed by atoms with Gasteiger partial charge in [0.2, 0.25) is 0 Å². The second kappa shape index (κ2) is 16.8. The molecule has 0 saturated heterocycles. The van der Waals surface area contributed by atoms with Gasteiger partial charge in [0, 0.05) is 31.0 Å². The number of urea groups is 1. The van der Waals surface area contributed by atoms with Crippen LogP contribution in [-0.4, -0.2) is 72.3 Å². The number of rotatable bonds is 17. The number of carbonyl (C=O) groups excluding carboxylic acids is 1. The summed E-state index contributed by atoms with van der Waals surface area (Å²) in [6.45, 7) is 5.11. The monoisotopic (exact) mass is 572 g/mol. The number of aliphatic carboxylic acids is 1. The molecule has 2 N–H and O–H groups in total. The van der Waals surface area contributed by atoms with Crippen molar-refractivity contribution in [1.82, 2.24) is 4.90 Å². The number of ether oxygens (including phenoxy) is 3. The van der Waals surface area contributed by atoms with Gasteiger partial charge in [0.25, 0.3) is 0 Å². The minimum absolute atomic E-state index is 0.210. The normalized spacial score (nSPS) is 12.0. The van der Waals surface area contributed by atoms with Crippen molar-refractivity contribution >= 4 is 29.4 Å². The largest absolute Gasteiger partial charge is 0.573 e. The van der Waals surface area contributed by atoms with E-state index in [-0.39, 0.29) is 25.3 Å². The number of benzene rings is 2. The molecule has 0 radical (unpaired) electrons. The summed E-state index contributed by atoms with van der Waals surface area (Å²) in [5, 5.41) is 12.0. The van der Waals surface area contributed by atoms with Gasteiger partial charge in [-0.3, -0.25) is 0 Å². The van der Waals surface area contributed by atoms with Crippen LogP contribution in [0.25, 0.3) is 0 Å². The quantitative estimate of drug-likeness (QED) is 0.222. The van der Waals surface area contributed by atoms with Crippen LogP contribution in [0.1, 0.15) is 32.3 Å². The number of carboxylic acids is 1. The molecule has 0 aromatic heterocycles. The first kappa shape index (κ1) is 32.1. The average Bonchev–Trinajstić information content (AvgIpc) is 2.88. The van der Waals surface area contributed by atoms with Crippen molar-refractivity contribution in [2.45, 2.75) is 45.6 Å². The van der Waals surface area contributed by atoms with E-state index in [1.165, 1.54) is 12.1 Å². The van der Waals surface area contributed by atoms with Crippen LogP contribution in [0.2, 0.25) is 0 Å². The Balaban J connectivity index is 1.93. The maximum atomic E-state index is 12.9. The molecule has 0 aliphatic carbocycles. The highest BCUT2D eigenvalue weighted by atomic mass is 32.2. The van der Waals surface area contributed by atoms with E-state index in [4.69, 9.17) is 9.47 Å². The fourth-order valence-electron chi connectivity index (χ4n) is 3.41. The minimum atomic E-state index is -4.79. The SMILES string of the molecule is CCCCSCCN(CCOc1ccc(CC(OCC)C(=O)O)cc1)C(=O)Nc1ccc(OC(F)(F)F)cc1. The molecule has 0 fully saturated rings. The molecule has 2 amide bonds. The van der Waals surface area contributed by atoms with Crippen LogP contribution in [0.3, 0.4) is 0 Å². The molecule has 0 aliphatic heterocycles. The Bertz CT molecular complexity index is 1010. The second-order valence-corrected chi connectivity index (χ2v) is 9.66. The summed E-state index contributed by atoms with van der Waals surface area (Å²) in [7, 11) is 0. The first-order valence-electron chi connectivity index (χ1n) is 12.7. The van der Waals surface area contributed by atoms with Gasteiger partial charge < -0.3 is 29.5 Å². The molecule has 2 rings (SSSR count). The van der Waals surface area contributed by atoms with Crippen molar-refractivity contribution in [1.29, 1.82) is 0 Å². The molecule has 2 aromatic rings. The van der Waals surface area contributed by atoms with E-state index in [2.05, 4.69) is 17.0 Å². The van der Waals surface area contributed by atoms with Gasteiger partial charge in [-0.25, -0.2) is 9.59 Å². The van der Waals surface area contributed by atoms with E-state index < -0.39 is 24.5 Å². The van der Waals surface area contributed by atoms with E-state index in [9.17, 15) is 27.9 Å². The molecule has 1 atom stereocenters. The average molecular weight is 573 g/mol. The van der Waals surface area contributed by atoms with Crippen LogP contribution >= 0.6 is 11.8 Å². The van der Waals surface area contributed by atoms with Crippen LogP contribution in [0.4, 0.5) is 23.7 Å². The number of nitrogens with zero attached hydrogens (tertiary/aromatic N) is 1. The highest BCUT2D eigenvalue weighted by molar-refractivity contribution is 7.99. The molecular weight excluding hydrogens is 537 g/mol. The zero-order valence-electron chi connectivity index (χ0n) is 22.0. The number of anilines is 1. The van der Waals surface area contributed by atoms with Crippen LogP contribution in [0.5, 0.6) is 11.5 Å². The van der Waals surface area contributed by atoms with Crippen molar-refractivity contribution in [2.75, 3.05) is 43.1 Å². The Morgan fingerprint density at radius 2 is 1.67 bits per heavy atom. The number of hydrogen-bond acceptors (Lipinski definition) is 6. The van der Waals surface area contributed by atoms with Gasteiger partial charge in [0.1, 0.15) is 18.1 Å². The highest BCUT2D eigenvalue weighted by Crippen LogP contribution is 2.24. The number of thioether (sulfide) groups is 1. The summed E-state index contributed by atoms with van der Waals surface area (Å²) >= 11 is 1.74. The number of nitrogens with one attached hydrogen (secondary N) is 1. The lowest BCUT2D eigenvalue weighted by molar-refractivity contribution is -0.274. The zero-order valence-corrected chi connectivity index (χ0v) is 22.9. The Hall–Kier alpha value is -3.12. The van der Waals surface area contributed by atoms with Gasteiger partial charge in [-0.05, 0) is 61.1 Å². The third-order valence-electron chi connectivity index (χ3n) is 5.39. The lowest BCUT2D eigenvalue weighted by Gasteiger charge is -2.23. The fraction of sp³-hybridized carbons (Fsp3) is 0.481. The zero-order chi connectivity index (χ0) is 28.7. The van der Waals surface area contributed by atoms with E-state index >= 15 is 0 Å². The molecule has 0 aliphatic rings. The van der Waals surface area contributed by atoms with Crippen molar-refractivity contribution in [3.8, 4) is 11.5 Å². The molecule has 0 bridgehead atoms. The van der Waals surface area contributed by atoms with Gasteiger partial charge in [-0.2, -0.15) is 11.8 Å². The third-order valence-corrected chi connectivity index (χ3v) is 6.44. The molecule has 12 heteroatoms. The van der Waals surface area contributed by atoms with Crippen LogP contribution in [-0.2, 0) is 16.0 Å². The van der Waals surface area contributed by atoms with Gasteiger partial charge >= 0.3 is 18.4 Å². The molecule has 0 heterocycles. The number of amides is 2. The van der Waals surface area contributed by atoms with Crippen molar-refractivity contribution < 1.29 is 42.1 Å². The number of carboxylic acid groups (broad SMARTS) is 1. The summed E-state index contributed by atoms with van der Waals surface area (Å²) in [5.41, 5.74) is 1.13. The first-order valence-corrected chi connectivity index (χ1v) is 13.8. The molecule has 216 valence electrons. The first-order chi connectivity index (χ1) is 18.6. The van der Waals surface area contributed by atoms with E-state index in [1.54, 1.807) is 47.9 Å². The van der Waals surface area contributed by atoms with E-state index in [1.807, 2.05) is 0 Å². The number of hydrogen-bond donors (Lipinski definition) is 2. The maximum absolute atomic E-state index is 12.9. The summed E-state index contributed by atoms with van der Waals surface area (Å²) in [6, 6.07) is 11.5. The Morgan fingerprint density at radius 1 is 1.00 bits per heavy atom. The topological polar surface area (TPSA) is 97.3 Å². The van der Waals surface area contributed by atoms with Crippen LogP contribution < -0.4 is 14.8 Å². The third kappa shape index (κ3) is 13.0. The summed E-state index contributed by atoms with van der Waals surface area (Å²) < 4.78 is 52.1. The van der Waals surface area contributed by atoms with Gasteiger partial charge in [0.15, 0.2) is 6.10 Å². The second-order valence-electron chi connectivity index (χ2n) is 8.43. The Labute approximate surface area is 230 Å². The molecular formula is C27H35F3N2O6S. The maximum Gasteiger partial charge on any atom is 0.573 e. The van der Waals surface area contributed by atoms with Crippen LogP contribution in [0, 0.1) is 0 Å². The fourth-order valence-corrected chi connectivity index (χ4v) is 4.46. The minimum Gasteiger partial charge on any atom is -0.492 e. The predicted molar refractivity (Wildman–Crippen MR) is 145 cm³/mol. The Kier molecular flexibility index (Phi) is 13.8. The van der Waals surface area contributed by atoms with Crippen molar-refractivity contribution in [2.24, 2.45) is 0 Å². The molecule has 39 heavy (non-hydrogen) atoms. The summed E-state index contributed by atoms with van der Waals surface area (Å²) in [4.78, 5) is 25.8. The molecule has 2 aromatic carbocycles. The number of carbonyl (C=O) groups is 2.